The molecule has 222 valence electrons. The molecule has 0 aliphatic rings. The Bertz CT molecular complexity index is 1730. The number of nitrogens with one attached hydrogen (secondary N) is 3. The van der Waals surface area contributed by atoms with Crippen LogP contribution < -0.4 is 16.0 Å². The summed E-state index contributed by atoms with van der Waals surface area (Å²) in [6.45, 7) is 8.98. The second kappa shape index (κ2) is 13.9. The molecule has 10 heteroatoms. The topological polar surface area (TPSA) is 116 Å². The number of amides is 1. The predicted molar refractivity (Wildman–Crippen MR) is 171 cm³/mol. The van der Waals surface area contributed by atoms with Crippen LogP contribution in [0.3, 0.4) is 0 Å². The van der Waals surface area contributed by atoms with E-state index in [1.165, 1.54) is 0 Å². The van der Waals surface area contributed by atoms with Crippen molar-refractivity contribution in [3.63, 3.8) is 0 Å². The lowest BCUT2D eigenvalue weighted by atomic mass is 9.92. The normalized spacial score (nSPS) is 11.3. The largest absolute Gasteiger partial charge is 0.395 e. The lowest BCUT2D eigenvalue weighted by Gasteiger charge is -2.15. The van der Waals surface area contributed by atoms with E-state index in [9.17, 15) is 4.79 Å². The monoisotopic (exact) mass is 597 g/mol. The second-order valence-corrected chi connectivity index (χ2v) is 10.8. The Morgan fingerprint density at radius 2 is 1.65 bits per heavy atom. The molecule has 0 spiro atoms. The van der Waals surface area contributed by atoms with Crippen LogP contribution in [0.1, 0.15) is 46.1 Å². The summed E-state index contributed by atoms with van der Waals surface area (Å²) in [4.78, 5) is 22.1. The number of hydrogen-bond donors (Lipinski definition) is 4. The average Bonchev–Trinajstić information content (AvgIpc) is 3.44. The van der Waals surface area contributed by atoms with Crippen LogP contribution in [0.2, 0.25) is 5.02 Å². The summed E-state index contributed by atoms with van der Waals surface area (Å²) in [5.41, 5.74) is 8.54. The number of aliphatic hydroxyl groups excluding tert-OH is 1. The lowest BCUT2D eigenvalue weighted by molar-refractivity contribution is 0.102. The molecule has 4 N–H and O–H groups in total. The summed E-state index contributed by atoms with van der Waals surface area (Å²) >= 11 is 6.60. The molecule has 43 heavy (non-hydrogen) atoms. The first kappa shape index (κ1) is 30.3. The van der Waals surface area contributed by atoms with E-state index >= 15 is 0 Å². The van der Waals surface area contributed by atoms with Crippen LogP contribution in [0, 0.1) is 13.8 Å². The summed E-state index contributed by atoms with van der Waals surface area (Å²) in [6, 6.07) is 17.5. The van der Waals surface area contributed by atoms with Crippen LogP contribution >= 0.6 is 11.6 Å². The third kappa shape index (κ3) is 6.92. The quantitative estimate of drug-likeness (QED) is 0.139. The van der Waals surface area contributed by atoms with Crippen LogP contribution in [0.15, 0.2) is 67.0 Å². The Hall–Kier alpha value is -4.15. The maximum Gasteiger partial charge on any atom is 0.274 e. The van der Waals surface area contributed by atoms with Gasteiger partial charge in [0.1, 0.15) is 5.69 Å². The highest BCUT2D eigenvalue weighted by Crippen LogP contribution is 2.35. The van der Waals surface area contributed by atoms with E-state index in [4.69, 9.17) is 26.8 Å². The zero-order chi connectivity index (χ0) is 30.3. The summed E-state index contributed by atoms with van der Waals surface area (Å²) in [7, 11) is 0. The molecular weight excluding hydrogens is 562 g/mol. The van der Waals surface area contributed by atoms with Gasteiger partial charge < -0.3 is 21.1 Å². The first-order chi connectivity index (χ1) is 20.9. The number of aromatic nitrogens is 4. The highest BCUT2D eigenvalue weighted by atomic mass is 35.5. The molecule has 0 aliphatic heterocycles. The standard InChI is InChI=1S/C33H36ClN7O2/c1-4-13-35-18-24-16-28(34)32-39-31(40-41(32)20-24)27-9-5-7-25(21(27)2)26-8-6-10-29(22(26)3)38-33(43)30-12-11-23(19-37-30)17-36-14-15-42/h5-12,16,19-20,35-36,42H,4,13-15,17-18H2,1-3H3,(H,38,43). The molecule has 0 aliphatic carbocycles. The minimum Gasteiger partial charge on any atom is -0.395 e. The minimum atomic E-state index is -0.282. The van der Waals surface area contributed by atoms with Crippen molar-refractivity contribution < 1.29 is 9.90 Å². The first-order valence-corrected chi connectivity index (χ1v) is 14.8. The highest BCUT2D eigenvalue weighted by molar-refractivity contribution is 6.33. The second-order valence-electron chi connectivity index (χ2n) is 10.4. The number of carbonyl (C=O) groups excluding carboxylic acids is 1. The Morgan fingerprint density at radius 1 is 0.930 bits per heavy atom. The van der Waals surface area contributed by atoms with Gasteiger partial charge in [0.2, 0.25) is 0 Å². The zero-order valence-corrected chi connectivity index (χ0v) is 25.4. The third-order valence-electron chi connectivity index (χ3n) is 7.32. The van der Waals surface area contributed by atoms with E-state index in [0.717, 1.165) is 51.9 Å². The molecule has 0 saturated carbocycles. The summed E-state index contributed by atoms with van der Waals surface area (Å²) in [5.74, 6) is 0.318. The number of benzene rings is 2. The maximum atomic E-state index is 13.0. The SMILES string of the molecule is CCCNCc1cc(Cl)c2nc(-c3cccc(-c4cccc(NC(=O)c5ccc(CNCCO)cn5)c4C)c3C)nn2c1. The van der Waals surface area contributed by atoms with E-state index in [0.29, 0.717) is 47.5 Å². The average molecular weight is 598 g/mol. The number of anilines is 1. The lowest BCUT2D eigenvalue weighted by Crippen LogP contribution is -2.18. The van der Waals surface area contributed by atoms with E-state index < -0.39 is 0 Å². The summed E-state index contributed by atoms with van der Waals surface area (Å²) in [6.07, 6.45) is 4.69. The van der Waals surface area contributed by atoms with Crippen molar-refractivity contribution in [1.29, 1.82) is 0 Å². The Kier molecular flexibility index (Phi) is 9.79. The van der Waals surface area contributed by atoms with Gasteiger partial charge in [0, 0.05) is 43.3 Å². The predicted octanol–water partition coefficient (Wildman–Crippen LogP) is 5.56. The zero-order valence-electron chi connectivity index (χ0n) is 24.6. The Balaban J connectivity index is 1.39. The van der Waals surface area contributed by atoms with Crippen LogP contribution in [-0.4, -0.2) is 50.3 Å². The first-order valence-electron chi connectivity index (χ1n) is 14.4. The van der Waals surface area contributed by atoms with Gasteiger partial charge in [-0.25, -0.2) is 9.50 Å². The number of aliphatic hydroxyl groups is 1. The smallest absolute Gasteiger partial charge is 0.274 e. The van der Waals surface area contributed by atoms with Gasteiger partial charge in [-0.3, -0.25) is 9.78 Å². The number of halogens is 1. The van der Waals surface area contributed by atoms with Crippen LogP contribution in [0.5, 0.6) is 0 Å². The van der Waals surface area contributed by atoms with Gasteiger partial charge in [0.05, 0.1) is 11.6 Å². The molecule has 9 nitrogen and oxygen atoms in total. The van der Waals surface area contributed by atoms with Crippen LogP contribution in [-0.2, 0) is 13.1 Å². The maximum absolute atomic E-state index is 13.0. The van der Waals surface area contributed by atoms with Crippen molar-refractivity contribution >= 4 is 28.8 Å². The fourth-order valence-electron chi connectivity index (χ4n) is 5.01. The fourth-order valence-corrected chi connectivity index (χ4v) is 5.28. The number of carbonyl (C=O) groups is 1. The van der Waals surface area contributed by atoms with E-state index in [2.05, 4.69) is 40.8 Å². The molecule has 5 rings (SSSR count). The van der Waals surface area contributed by atoms with Gasteiger partial charge in [-0.05, 0) is 78.4 Å². The van der Waals surface area contributed by atoms with Crippen molar-refractivity contribution in [2.24, 2.45) is 0 Å². The van der Waals surface area contributed by atoms with Crippen molar-refractivity contribution in [2.45, 2.75) is 40.3 Å². The molecule has 0 atom stereocenters. The summed E-state index contributed by atoms with van der Waals surface area (Å²) < 4.78 is 1.75. The Labute approximate surface area is 256 Å². The van der Waals surface area contributed by atoms with Gasteiger partial charge in [0.15, 0.2) is 11.5 Å². The Morgan fingerprint density at radius 3 is 2.40 bits per heavy atom. The third-order valence-corrected chi connectivity index (χ3v) is 7.60. The number of nitrogens with zero attached hydrogens (tertiary/aromatic N) is 4. The molecule has 0 unspecified atom stereocenters. The van der Waals surface area contributed by atoms with E-state index in [1.807, 2.05) is 55.6 Å². The molecule has 3 heterocycles. The van der Waals surface area contributed by atoms with Crippen LogP contribution in [0.4, 0.5) is 5.69 Å². The number of fused-ring (bicyclic) bond motifs is 1. The van der Waals surface area contributed by atoms with Gasteiger partial charge >= 0.3 is 0 Å². The molecule has 2 aromatic carbocycles. The van der Waals surface area contributed by atoms with Crippen molar-refractivity contribution in [2.75, 3.05) is 25.0 Å². The molecule has 5 aromatic rings. The number of pyridine rings is 2. The van der Waals surface area contributed by atoms with E-state index in [-0.39, 0.29) is 12.5 Å². The van der Waals surface area contributed by atoms with Crippen molar-refractivity contribution in [3.05, 3.63) is 100.0 Å². The minimum absolute atomic E-state index is 0.0700. The van der Waals surface area contributed by atoms with Gasteiger partial charge in [-0.15, -0.1) is 5.10 Å². The van der Waals surface area contributed by atoms with Crippen molar-refractivity contribution in [3.8, 4) is 22.5 Å². The van der Waals surface area contributed by atoms with Gasteiger partial charge in [-0.1, -0.05) is 54.9 Å². The molecular formula is C33H36ClN7O2. The van der Waals surface area contributed by atoms with E-state index in [1.54, 1.807) is 16.8 Å². The fraction of sp³-hybridized carbons (Fsp3) is 0.273. The molecule has 1 amide bonds. The van der Waals surface area contributed by atoms with Gasteiger partial charge in [0.25, 0.3) is 5.91 Å². The summed E-state index contributed by atoms with van der Waals surface area (Å²) in [5, 5.41) is 23.8. The molecule has 0 saturated heterocycles. The van der Waals surface area contributed by atoms with Crippen molar-refractivity contribution in [1.82, 2.24) is 30.2 Å². The number of rotatable bonds is 12. The molecule has 0 fully saturated rings. The number of hydrogen-bond acceptors (Lipinski definition) is 7. The van der Waals surface area contributed by atoms with Gasteiger partial charge in [-0.2, -0.15) is 0 Å². The molecule has 3 aromatic heterocycles. The highest BCUT2D eigenvalue weighted by Gasteiger charge is 2.17. The van der Waals surface area contributed by atoms with Crippen LogP contribution in [0.25, 0.3) is 28.2 Å². The molecule has 0 radical (unpaired) electrons. The molecule has 0 bridgehead atoms.